The van der Waals surface area contributed by atoms with Gasteiger partial charge in [-0.1, -0.05) is 23.7 Å². The molecule has 45 heavy (non-hydrogen) atoms. The lowest BCUT2D eigenvalue weighted by atomic mass is 9.68. The Hall–Kier alpha value is -3.04. The summed E-state index contributed by atoms with van der Waals surface area (Å²) in [7, 11) is -3.88. The number of benzene rings is 2. The van der Waals surface area contributed by atoms with Crippen LogP contribution in [0, 0.1) is 23.7 Å². The van der Waals surface area contributed by atoms with E-state index in [1.54, 1.807) is 18.2 Å². The topological polar surface area (TPSA) is 102 Å². The Labute approximate surface area is 270 Å². The van der Waals surface area contributed by atoms with Crippen LogP contribution >= 0.6 is 11.6 Å². The Morgan fingerprint density at radius 2 is 1.91 bits per heavy atom. The fraction of sp³-hybridized carbons (Fsp3) is 0.543. The van der Waals surface area contributed by atoms with Gasteiger partial charge in [-0.2, -0.15) is 0 Å². The van der Waals surface area contributed by atoms with Crippen LogP contribution < -0.4 is 14.4 Å². The summed E-state index contributed by atoms with van der Waals surface area (Å²) >= 11 is 6.41. The number of fused-ring (bicyclic) bond motifs is 4. The highest BCUT2D eigenvalue weighted by molar-refractivity contribution is 7.90. The maximum Gasteiger partial charge on any atom is 0.303 e. The predicted molar refractivity (Wildman–Crippen MR) is 173 cm³/mol. The van der Waals surface area contributed by atoms with Crippen LogP contribution in [0.2, 0.25) is 5.02 Å². The number of ether oxygens (including phenoxy) is 2. The largest absolute Gasteiger partial charge is 0.490 e. The summed E-state index contributed by atoms with van der Waals surface area (Å²) in [5, 5.41) is 0.726. The van der Waals surface area contributed by atoms with Crippen molar-refractivity contribution in [2.24, 2.45) is 23.7 Å². The zero-order chi connectivity index (χ0) is 31.3. The molecule has 0 unspecified atom stereocenters. The molecule has 7 rings (SSSR count). The summed E-state index contributed by atoms with van der Waals surface area (Å²) in [5.41, 5.74) is 3.28. The van der Waals surface area contributed by atoms with Crippen molar-refractivity contribution in [2.75, 3.05) is 30.3 Å². The van der Waals surface area contributed by atoms with Crippen molar-refractivity contribution < 1.29 is 27.5 Å². The Bertz CT molecular complexity index is 1640. The van der Waals surface area contributed by atoms with Gasteiger partial charge in [-0.15, -0.1) is 0 Å². The smallest absolute Gasteiger partial charge is 0.303 e. The molecule has 2 saturated carbocycles. The average molecular weight is 653 g/mol. The van der Waals surface area contributed by atoms with E-state index in [1.807, 2.05) is 18.2 Å². The van der Waals surface area contributed by atoms with Crippen molar-refractivity contribution >= 4 is 39.2 Å². The lowest BCUT2D eigenvalue weighted by Crippen LogP contribution is -2.49. The molecule has 2 aromatic rings. The maximum atomic E-state index is 13.4. The van der Waals surface area contributed by atoms with Crippen molar-refractivity contribution in [1.82, 2.24) is 4.72 Å². The van der Waals surface area contributed by atoms with Gasteiger partial charge >= 0.3 is 5.97 Å². The van der Waals surface area contributed by atoms with E-state index >= 15 is 0 Å². The normalized spacial score (nSPS) is 31.7. The number of nitrogens with zero attached hydrogens (tertiary/aromatic N) is 1. The van der Waals surface area contributed by atoms with Gasteiger partial charge in [-0.25, -0.2) is 13.1 Å². The standard InChI is InChI=1S/C35H41ClN2O6S/c1-22(39)44-32-6-2-4-27(23-7-8-23)19-45(41,42)37-34(40)25-10-14-33-31(17-25)38(18-26-9-12-29(26)32)20-35(21-43-33)15-3-5-24-16-28(36)11-13-30(24)35/h2,6,10-11,13-14,16-17,23,26-27,29,32H,3-5,7-9,12,15,18-21H2,1H3,(H,37,40)/b6-2+/t26-,27+,29+,32-,35-/m0/s1. The van der Waals surface area contributed by atoms with E-state index < -0.39 is 15.9 Å². The minimum atomic E-state index is -3.88. The molecule has 10 heteroatoms. The number of anilines is 1. The molecule has 2 bridgehead atoms. The van der Waals surface area contributed by atoms with Crippen molar-refractivity contribution in [1.29, 1.82) is 0 Å². The van der Waals surface area contributed by atoms with Gasteiger partial charge in [0.1, 0.15) is 11.9 Å². The second-order valence-corrected chi connectivity index (χ2v) is 16.0. The van der Waals surface area contributed by atoms with Crippen LogP contribution in [0.4, 0.5) is 5.69 Å². The summed E-state index contributed by atoms with van der Waals surface area (Å²) < 4.78 is 41.3. The van der Waals surface area contributed by atoms with Gasteiger partial charge in [0.15, 0.2) is 0 Å². The molecule has 2 heterocycles. The van der Waals surface area contributed by atoms with Gasteiger partial charge in [0.2, 0.25) is 10.0 Å². The van der Waals surface area contributed by atoms with E-state index in [4.69, 9.17) is 21.1 Å². The first-order valence-electron chi connectivity index (χ1n) is 16.3. The van der Waals surface area contributed by atoms with Gasteiger partial charge in [-0.3, -0.25) is 9.59 Å². The van der Waals surface area contributed by atoms with E-state index in [0.29, 0.717) is 37.8 Å². The number of esters is 1. The number of hydrogen-bond donors (Lipinski definition) is 1. The first-order valence-corrected chi connectivity index (χ1v) is 18.3. The number of amides is 1. The number of aryl methyl sites for hydroxylation is 1. The third kappa shape index (κ3) is 6.35. The number of allylic oxidation sites excluding steroid dienone is 1. The summed E-state index contributed by atoms with van der Waals surface area (Å²) in [6, 6.07) is 11.4. The number of carbonyl (C=O) groups excluding carboxylic acids is 2. The number of nitrogens with one attached hydrogen (secondary N) is 1. The third-order valence-corrected chi connectivity index (χ3v) is 12.3. The van der Waals surface area contributed by atoms with Gasteiger partial charge in [0.05, 0.1) is 18.0 Å². The monoisotopic (exact) mass is 652 g/mol. The molecular formula is C35H41ClN2O6S. The maximum absolute atomic E-state index is 13.4. The molecular weight excluding hydrogens is 612 g/mol. The zero-order valence-corrected chi connectivity index (χ0v) is 27.2. The molecule has 1 spiro atoms. The van der Waals surface area contributed by atoms with Crippen LogP contribution in [0.25, 0.3) is 0 Å². The molecule has 0 aromatic heterocycles. The minimum absolute atomic E-state index is 0.102. The van der Waals surface area contributed by atoms with E-state index in [1.165, 1.54) is 18.1 Å². The van der Waals surface area contributed by atoms with Crippen LogP contribution in [-0.2, 0) is 31.4 Å². The number of carbonyl (C=O) groups is 2. The van der Waals surface area contributed by atoms with Crippen molar-refractivity contribution in [2.45, 2.75) is 69.8 Å². The molecule has 0 radical (unpaired) electrons. The molecule has 8 nitrogen and oxygen atoms in total. The lowest BCUT2D eigenvalue weighted by molar-refractivity contribution is -0.149. The number of halogens is 1. The van der Waals surface area contributed by atoms with Crippen LogP contribution in [0.1, 0.15) is 73.4 Å². The van der Waals surface area contributed by atoms with Gasteiger partial charge in [0.25, 0.3) is 5.91 Å². The SMILES string of the molecule is CC(=O)O[C@H]1/C=C/C[C@@H](C2CC2)CS(=O)(=O)NC(=O)c2ccc3c(c2)N(C[C@@H]2CC[C@H]21)C[C@@]1(CCCc2cc(Cl)ccc21)CO3. The third-order valence-electron chi connectivity index (χ3n) is 10.7. The lowest BCUT2D eigenvalue weighted by Gasteiger charge is -2.46. The summed E-state index contributed by atoms with van der Waals surface area (Å²) in [6.07, 6.45) is 11.0. The molecule has 1 N–H and O–H groups in total. The number of sulfonamides is 1. The first kappa shape index (κ1) is 30.6. The summed E-state index contributed by atoms with van der Waals surface area (Å²) in [5.74, 6) is 0.240. The zero-order valence-electron chi connectivity index (χ0n) is 25.7. The van der Waals surface area contributed by atoms with Gasteiger partial charge in [0, 0.05) is 41.9 Å². The van der Waals surface area contributed by atoms with Crippen LogP contribution in [-0.4, -0.2) is 51.8 Å². The molecule has 2 aromatic carbocycles. The summed E-state index contributed by atoms with van der Waals surface area (Å²) in [4.78, 5) is 28.0. The molecule has 3 aliphatic carbocycles. The molecule has 0 saturated heterocycles. The van der Waals surface area contributed by atoms with Gasteiger partial charge < -0.3 is 14.4 Å². The average Bonchev–Trinajstić information content (AvgIpc) is 3.82. The van der Waals surface area contributed by atoms with Gasteiger partial charge in [-0.05, 0) is 117 Å². The Kier molecular flexibility index (Phi) is 8.13. The molecule has 5 atom stereocenters. The fourth-order valence-electron chi connectivity index (χ4n) is 8.13. The first-order chi connectivity index (χ1) is 21.6. The van der Waals surface area contributed by atoms with Crippen molar-refractivity contribution in [3.05, 3.63) is 70.3 Å². The van der Waals surface area contributed by atoms with Crippen molar-refractivity contribution in [3.8, 4) is 5.75 Å². The number of hydrogen-bond acceptors (Lipinski definition) is 7. The second-order valence-electron chi connectivity index (χ2n) is 13.8. The van der Waals surface area contributed by atoms with Crippen LogP contribution in [0.5, 0.6) is 5.75 Å². The molecule has 1 amide bonds. The Balaban J connectivity index is 1.29. The number of rotatable bonds is 2. The highest BCUT2D eigenvalue weighted by Gasteiger charge is 2.45. The Morgan fingerprint density at radius 1 is 1.09 bits per heavy atom. The van der Waals surface area contributed by atoms with Crippen molar-refractivity contribution in [3.63, 3.8) is 0 Å². The van der Waals surface area contributed by atoms with E-state index in [2.05, 4.69) is 21.8 Å². The fourth-order valence-corrected chi connectivity index (χ4v) is 9.78. The van der Waals surface area contributed by atoms with E-state index in [-0.39, 0.29) is 46.6 Å². The van der Waals surface area contributed by atoms with Crippen LogP contribution in [0.3, 0.4) is 0 Å². The molecule has 2 aliphatic heterocycles. The molecule has 240 valence electrons. The van der Waals surface area contributed by atoms with Crippen LogP contribution in [0.15, 0.2) is 48.6 Å². The second kappa shape index (κ2) is 12.0. The minimum Gasteiger partial charge on any atom is -0.490 e. The highest BCUT2D eigenvalue weighted by Crippen LogP contribution is 2.47. The quantitative estimate of drug-likeness (QED) is 0.322. The highest BCUT2D eigenvalue weighted by atomic mass is 35.5. The molecule has 2 fully saturated rings. The summed E-state index contributed by atoms with van der Waals surface area (Å²) in [6.45, 7) is 3.31. The van der Waals surface area contributed by atoms with E-state index in [9.17, 15) is 18.0 Å². The predicted octanol–water partition coefficient (Wildman–Crippen LogP) is 5.82. The molecule has 5 aliphatic rings. The van der Waals surface area contributed by atoms with E-state index in [0.717, 1.165) is 55.7 Å². The Morgan fingerprint density at radius 3 is 2.67 bits per heavy atom.